The van der Waals surface area contributed by atoms with E-state index in [0.717, 1.165) is 35.3 Å². The zero-order chi connectivity index (χ0) is 14.7. The van der Waals surface area contributed by atoms with Gasteiger partial charge in [0, 0.05) is 25.7 Å². The highest BCUT2D eigenvalue weighted by Crippen LogP contribution is 2.31. The second kappa shape index (κ2) is 6.79. The number of hydrogen-bond acceptors (Lipinski definition) is 3. The summed E-state index contributed by atoms with van der Waals surface area (Å²) in [5.41, 5.74) is 8.15. The lowest BCUT2D eigenvalue weighted by Gasteiger charge is -2.35. The molecule has 1 aliphatic rings. The Morgan fingerprint density at radius 2 is 2.00 bits per heavy atom. The van der Waals surface area contributed by atoms with E-state index in [4.69, 9.17) is 17.3 Å². The van der Waals surface area contributed by atoms with Crippen LogP contribution in [0.2, 0.25) is 5.02 Å². The van der Waals surface area contributed by atoms with Crippen molar-refractivity contribution in [2.45, 2.75) is 25.8 Å². The average Bonchev–Trinajstić information content (AvgIpc) is 2.39. The predicted molar refractivity (Wildman–Crippen MR) is 87.5 cm³/mol. The lowest BCUT2D eigenvalue weighted by atomic mass is 9.96. The molecule has 2 N–H and O–H groups in total. The van der Waals surface area contributed by atoms with Crippen LogP contribution in [0.5, 0.6) is 0 Å². The standard InChI is InChI=1S/C16H26ClN3/c1-12(18)14-4-5-16(15(17)10-14)20-8-6-13(7-9-20)11-19(2)3/h4-5,10,12-13H,6-9,11,18H2,1-3H3. The first-order valence-electron chi connectivity index (χ1n) is 7.42. The number of hydrogen-bond donors (Lipinski definition) is 1. The highest BCUT2D eigenvalue weighted by molar-refractivity contribution is 6.33. The van der Waals surface area contributed by atoms with Gasteiger partial charge in [-0.2, -0.15) is 0 Å². The fourth-order valence-electron chi connectivity index (χ4n) is 2.94. The lowest BCUT2D eigenvalue weighted by molar-refractivity contribution is 0.285. The summed E-state index contributed by atoms with van der Waals surface area (Å²) in [6.45, 7) is 5.36. The minimum Gasteiger partial charge on any atom is -0.370 e. The van der Waals surface area contributed by atoms with Crippen LogP contribution in [-0.4, -0.2) is 38.6 Å². The lowest BCUT2D eigenvalue weighted by Crippen LogP contribution is -2.37. The highest BCUT2D eigenvalue weighted by atomic mass is 35.5. The van der Waals surface area contributed by atoms with Crippen LogP contribution in [0.25, 0.3) is 0 Å². The van der Waals surface area contributed by atoms with E-state index < -0.39 is 0 Å². The van der Waals surface area contributed by atoms with Gasteiger partial charge >= 0.3 is 0 Å². The minimum atomic E-state index is 0.0346. The second-order valence-electron chi connectivity index (χ2n) is 6.19. The molecule has 2 rings (SSSR count). The average molecular weight is 296 g/mol. The van der Waals surface area contributed by atoms with Crippen LogP contribution in [0, 0.1) is 5.92 Å². The third kappa shape index (κ3) is 3.87. The summed E-state index contributed by atoms with van der Waals surface area (Å²) in [4.78, 5) is 4.68. The quantitative estimate of drug-likeness (QED) is 0.926. The summed E-state index contributed by atoms with van der Waals surface area (Å²) in [5.74, 6) is 0.809. The number of piperidine rings is 1. The summed E-state index contributed by atoms with van der Waals surface area (Å²) < 4.78 is 0. The molecule has 1 aliphatic heterocycles. The van der Waals surface area contributed by atoms with Gasteiger partial charge in [-0.15, -0.1) is 0 Å². The fourth-order valence-corrected chi connectivity index (χ4v) is 3.24. The first kappa shape index (κ1) is 15.6. The van der Waals surface area contributed by atoms with E-state index in [0.29, 0.717) is 0 Å². The monoisotopic (exact) mass is 295 g/mol. The Balaban J connectivity index is 2.00. The summed E-state index contributed by atoms with van der Waals surface area (Å²) in [7, 11) is 4.30. The van der Waals surface area contributed by atoms with Crippen molar-refractivity contribution in [1.82, 2.24) is 4.90 Å². The first-order valence-corrected chi connectivity index (χ1v) is 7.80. The summed E-state index contributed by atoms with van der Waals surface area (Å²) in [5, 5.41) is 0.825. The van der Waals surface area contributed by atoms with Crippen LogP contribution in [0.15, 0.2) is 18.2 Å². The molecule has 0 aliphatic carbocycles. The van der Waals surface area contributed by atoms with E-state index >= 15 is 0 Å². The van der Waals surface area contributed by atoms with Crippen molar-refractivity contribution in [2.75, 3.05) is 38.6 Å². The first-order chi connectivity index (χ1) is 9.47. The molecule has 1 fully saturated rings. The molecule has 0 aromatic heterocycles. The topological polar surface area (TPSA) is 32.5 Å². The van der Waals surface area contributed by atoms with Gasteiger partial charge in [0.2, 0.25) is 0 Å². The molecule has 1 heterocycles. The largest absolute Gasteiger partial charge is 0.370 e. The number of anilines is 1. The normalized spacial score (nSPS) is 18.6. The zero-order valence-electron chi connectivity index (χ0n) is 12.8. The maximum absolute atomic E-state index is 6.42. The van der Waals surface area contributed by atoms with Crippen molar-refractivity contribution in [3.05, 3.63) is 28.8 Å². The van der Waals surface area contributed by atoms with E-state index in [1.807, 2.05) is 13.0 Å². The molecule has 0 spiro atoms. The summed E-state index contributed by atoms with van der Waals surface area (Å²) in [6, 6.07) is 6.26. The number of benzene rings is 1. The maximum Gasteiger partial charge on any atom is 0.0642 e. The molecule has 0 bridgehead atoms. The van der Waals surface area contributed by atoms with Gasteiger partial charge in [-0.05, 0) is 57.5 Å². The number of nitrogens with zero attached hydrogens (tertiary/aromatic N) is 2. The molecule has 3 nitrogen and oxygen atoms in total. The van der Waals surface area contributed by atoms with Crippen molar-refractivity contribution in [2.24, 2.45) is 11.7 Å². The zero-order valence-corrected chi connectivity index (χ0v) is 13.5. The van der Waals surface area contributed by atoms with E-state index in [2.05, 4.69) is 36.0 Å². The van der Waals surface area contributed by atoms with Gasteiger partial charge in [-0.25, -0.2) is 0 Å². The summed E-state index contributed by atoms with van der Waals surface area (Å²) in [6.07, 6.45) is 2.48. The van der Waals surface area contributed by atoms with Crippen LogP contribution in [0.4, 0.5) is 5.69 Å². The van der Waals surface area contributed by atoms with Crippen molar-refractivity contribution in [3.8, 4) is 0 Å². The molecular weight excluding hydrogens is 270 g/mol. The number of rotatable bonds is 4. The molecule has 1 unspecified atom stereocenters. The third-order valence-electron chi connectivity index (χ3n) is 4.08. The smallest absolute Gasteiger partial charge is 0.0642 e. The Hall–Kier alpha value is -0.770. The molecule has 20 heavy (non-hydrogen) atoms. The molecular formula is C16H26ClN3. The van der Waals surface area contributed by atoms with Crippen LogP contribution < -0.4 is 10.6 Å². The van der Waals surface area contributed by atoms with E-state index in [-0.39, 0.29) is 6.04 Å². The second-order valence-corrected chi connectivity index (χ2v) is 6.60. The van der Waals surface area contributed by atoms with Gasteiger partial charge in [0.1, 0.15) is 0 Å². The predicted octanol–water partition coefficient (Wildman–Crippen LogP) is 3.14. The van der Waals surface area contributed by atoms with Crippen LogP contribution >= 0.6 is 11.6 Å². The molecule has 1 aromatic carbocycles. The summed E-state index contributed by atoms with van der Waals surface area (Å²) >= 11 is 6.42. The van der Waals surface area contributed by atoms with Gasteiger partial charge in [0.15, 0.2) is 0 Å². The van der Waals surface area contributed by atoms with E-state index in [1.165, 1.54) is 19.4 Å². The minimum absolute atomic E-state index is 0.0346. The fraction of sp³-hybridized carbons (Fsp3) is 0.625. The van der Waals surface area contributed by atoms with Crippen LogP contribution in [-0.2, 0) is 0 Å². The highest BCUT2D eigenvalue weighted by Gasteiger charge is 2.21. The molecule has 0 amide bonds. The van der Waals surface area contributed by atoms with Crippen LogP contribution in [0.3, 0.4) is 0 Å². The van der Waals surface area contributed by atoms with Gasteiger partial charge in [0.25, 0.3) is 0 Å². The van der Waals surface area contributed by atoms with Gasteiger partial charge in [-0.1, -0.05) is 17.7 Å². The Morgan fingerprint density at radius 3 is 2.50 bits per heavy atom. The molecule has 0 saturated carbocycles. The molecule has 1 atom stereocenters. The van der Waals surface area contributed by atoms with Gasteiger partial charge in [-0.3, -0.25) is 0 Å². The number of nitrogens with two attached hydrogens (primary N) is 1. The van der Waals surface area contributed by atoms with Gasteiger partial charge < -0.3 is 15.5 Å². The van der Waals surface area contributed by atoms with Crippen molar-refractivity contribution >= 4 is 17.3 Å². The maximum atomic E-state index is 6.42. The Morgan fingerprint density at radius 1 is 1.35 bits per heavy atom. The third-order valence-corrected chi connectivity index (χ3v) is 4.38. The van der Waals surface area contributed by atoms with E-state index in [9.17, 15) is 0 Å². The Labute approximate surface area is 127 Å². The molecule has 1 saturated heterocycles. The van der Waals surface area contributed by atoms with Crippen molar-refractivity contribution < 1.29 is 0 Å². The van der Waals surface area contributed by atoms with Crippen molar-refractivity contribution in [1.29, 1.82) is 0 Å². The van der Waals surface area contributed by atoms with Crippen LogP contribution in [0.1, 0.15) is 31.4 Å². The van der Waals surface area contributed by atoms with E-state index in [1.54, 1.807) is 0 Å². The molecule has 4 heteroatoms. The van der Waals surface area contributed by atoms with Gasteiger partial charge in [0.05, 0.1) is 10.7 Å². The molecule has 1 aromatic rings. The Kier molecular flexibility index (Phi) is 5.30. The van der Waals surface area contributed by atoms with Crippen molar-refractivity contribution in [3.63, 3.8) is 0 Å². The molecule has 112 valence electrons. The Bertz CT molecular complexity index is 437. The molecule has 0 radical (unpaired) electrons. The number of halogens is 1. The SMILES string of the molecule is CC(N)c1ccc(N2CCC(CN(C)C)CC2)c(Cl)c1.